The molecule has 170 valence electrons. The van der Waals surface area contributed by atoms with Gasteiger partial charge in [0, 0.05) is 11.6 Å². The Morgan fingerprint density at radius 2 is 1.78 bits per heavy atom. The Bertz CT molecular complexity index is 944. The third-order valence-electron chi connectivity index (χ3n) is 6.23. The molecule has 0 bridgehead atoms. The van der Waals surface area contributed by atoms with Gasteiger partial charge >= 0.3 is 5.97 Å². The summed E-state index contributed by atoms with van der Waals surface area (Å²) in [6.45, 7) is 1.93. The summed E-state index contributed by atoms with van der Waals surface area (Å²) in [6, 6.07) is 4.56. The highest BCUT2D eigenvalue weighted by Gasteiger charge is 2.45. The van der Waals surface area contributed by atoms with Crippen LogP contribution >= 0.6 is 0 Å². The van der Waals surface area contributed by atoms with Crippen LogP contribution in [-0.2, 0) is 19.1 Å². The molecule has 1 aromatic rings. The highest BCUT2D eigenvalue weighted by Crippen LogP contribution is 2.30. The normalized spacial score (nSPS) is 30.7. The molecule has 32 heavy (non-hydrogen) atoms. The summed E-state index contributed by atoms with van der Waals surface area (Å²) in [7, 11) is 0. The molecule has 3 amide bonds. The fraction of sp³-hybridized carbons (Fsp3) is 0.478. The number of nitrogens with zero attached hydrogens (tertiary/aromatic N) is 1. The number of aliphatic hydroxyl groups excluding tert-OH is 1. The summed E-state index contributed by atoms with van der Waals surface area (Å²) in [5, 5.41) is 15.2. The summed E-state index contributed by atoms with van der Waals surface area (Å²) in [4.78, 5) is 52.0. The van der Waals surface area contributed by atoms with Gasteiger partial charge in [-0.15, -0.1) is 0 Å². The molecular formula is C23H27N3O6. The lowest BCUT2D eigenvalue weighted by molar-refractivity contribution is -0.155. The maximum atomic E-state index is 13.4. The van der Waals surface area contributed by atoms with Crippen LogP contribution in [0.1, 0.15) is 48.0 Å². The average molecular weight is 441 g/mol. The lowest BCUT2D eigenvalue weighted by Crippen LogP contribution is -2.57. The number of carbonyl (C=O) groups is 4. The average Bonchev–Trinajstić information content (AvgIpc) is 3.31. The SMILES string of the molecule is Cc1ccc(C(=O)N[C@H]2C/C=C\C[C@@H]3CC[C@@H](C(=O)NC4CC(=O)OC4O)N3C2=O)cc1. The maximum absolute atomic E-state index is 13.4. The van der Waals surface area contributed by atoms with Crippen LogP contribution in [0.5, 0.6) is 0 Å². The van der Waals surface area contributed by atoms with Crippen molar-refractivity contribution in [2.45, 2.75) is 69.5 Å². The van der Waals surface area contributed by atoms with Gasteiger partial charge < -0.3 is 25.4 Å². The summed E-state index contributed by atoms with van der Waals surface area (Å²) in [6.07, 6.45) is 4.43. The van der Waals surface area contributed by atoms with Gasteiger partial charge in [0.1, 0.15) is 18.1 Å². The number of cyclic esters (lactones) is 1. The minimum Gasteiger partial charge on any atom is -0.434 e. The van der Waals surface area contributed by atoms with Crippen molar-refractivity contribution in [3.63, 3.8) is 0 Å². The van der Waals surface area contributed by atoms with E-state index in [2.05, 4.69) is 15.4 Å². The number of amides is 3. The summed E-state index contributed by atoms with van der Waals surface area (Å²) in [5.74, 6) is -1.68. The second-order valence-electron chi connectivity index (χ2n) is 8.53. The fourth-order valence-electron chi connectivity index (χ4n) is 4.49. The van der Waals surface area contributed by atoms with E-state index in [4.69, 9.17) is 0 Å². The first kappa shape index (κ1) is 22.0. The first-order valence-electron chi connectivity index (χ1n) is 10.9. The molecule has 0 aromatic heterocycles. The van der Waals surface area contributed by atoms with Crippen molar-refractivity contribution in [1.29, 1.82) is 0 Å². The largest absolute Gasteiger partial charge is 0.434 e. The standard InChI is InChI=1S/C23H27N3O6/c1-13-6-8-14(9-7-13)20(28)24-16-5-3-2-4-15-10-11-18(26(15)22(16)30)21(29)25-17-12-19(27)32-23(17)31/h2-3,6-9,15-18,23,31H,4-5,10-12H2,1H3,(H,24,28)(H,25,29)/b3-2-/t15-,16+,17?,18+,23?/m1/s1. The number of esters is 1. The van der Waals surface area contributed by atoms with Crippen molar-refractivity contribution in [2.75, 3.05) is 0 Å². The number of hydrogen-bond acceptors (Lipinski definition) is 6. The minimum atomic E-state index is -1.39. The van der Waals surface area contributed by atoms with Crippen LogP contribution in [0.4, 0.5) is 0 Å². The number of hydrogen-bond donors (Lipinski definition) is 3. The van der Waals surface area contributed by atoms with Crippen molar-refractivity contribution in [3.05, 3.63) is 47.5 Å². The van der Waals surface area contributed by atoms with Crippen LogP contribution in [0.2, 0.25) is 0 Å². The molecule has 0 aliphatic carbocycles. The smallest absolute Gasteiger partial charge is 0.310 e. The zero-order valence-electron chi connectivity index (χ0n) is 17.8. The number of carbonyl (C=O) groups excluding carboxylic acids is 4. The Morgan fingerprint density at radius 3 is 2.47 bits per heavy atom. The van der Waals surface area contributed by atoms with Crippen LogP contribution in [0.15, 0.2) is 36.4 Å². The Hall–Kier alpha value is -3.20. The molecule has 9 heteroatoms. The van der Waals surface area contributed by atoms with Gasteiger partial charge in [0.25, 0.3) is 5.91 Å². The van der Waals surface area contributed by atoms with Gasteiger partial charge in [-0.2, -0.15) is 0 Å². The van der Waals surface area contributed by atoms with Crippen molar-refractivity contribution < 1.29 is 29.0 Å². The van der Waals surface area contributed by atoms with Crippen molar-refractivity contribution in [1.82, 2.24) is 15.5 Å². The van der Waals surface area contributed by atoms with Gasteiger partial charge in [0.2, 0.25) is 18.1 Å². The van der Waals surface area contributed by atoms with Gasteiger partial charge in [-0.25, -0.2) is 0 Å². The molecule has 5 atom stereocenters. The number of aliphatic hydroxyl groups is 1. The van der Waals surface area contributed by atoms with Crippen molar-refractivity contribution in [3.8, 4) is 0 Å². The molecule has 1 aromatic carbocycles. The maximum Gasteiger partial charge on any atom is 0.310 e. The van der Waals surface area contributed by atoms with Gasteiger partial charge in [-0.3, -0.25) is 19.2 Å². The molecule has 3 aliphatic rings. The van der Waals surface area contributed by atoms with Crippen LogP contribution in [0.25, 0.3) is 0 Å². The Labute approximate surface area is 185 Å². The number of fused-ring (bicyclic) bond motifs is 1. The molecular weight excluding hydrogens is 414 g/mol. The Balaban J connectivity index is 1.49. The first-order chi connectivity index (χ1) is 15.3. The number of nitrogens with one attached hydrogen (secondary N) is 2. The van der Waals surface area contributed by atoms with E-state index in [-0.39, 0.29) is 24.3 Å². The van der Waals surface area contributed by atoms with Crippen molar-refractivity contribution >= 4 is 23.7 Å². The molecule has 3 N–H and O–H groups in total. The molecule has 3 heterocycles. The molecule has 2 fully saturated rings. The minimum absolute atomic E-state index is 0.116. The number of benzene rings is 1. The fourth-order valence-corrected chi connectivity index (χ4v) is 4.49. The predicted molar refractivity (Wildman–Crippen MR) is 113 cm³/mol. The van der Waals surface area contributed by atoms with E-state index in [9.17, 15) is 24.3 Å². The molecule has 2 unspecified atom stereocenters. The van der Waals surface area contributed by atoms with Gasteiger partial charge in [0.15, 0.2) is 0 Å². The summed E-state index contributed by atoms with van der Waals surface area (Å²) >= 11 is 0. The molecule has 9 nitrogen and oxygen atoms in total. The predicted octanol–water partition coefficient (Wildman–Crippen LogP) is 0.553. The number of ether oxygens (including phenoxy) is 1. The lowest BCUT2D eigenvalue weighted by Gasteiger charge is -2.34. The number of aryl methyl sites for hydroxylation is 1. The second kappa shape index (κ2) is 9.12. The van der Waals surface area contributed by atoms with E-state index < -0.39 is 36.3 Å². The zero-order valence-corrected chi connectivity index (χ0v) is 17.8. The van der Waals surface area contributed by atoms with Crippen LogP contribution in [-0.4, -0.2) is 64.2 Å². The van der Waals surface area contributed by atoms with E-state index in [0.717, 1.165) is 5.56 Å². The van der Waals surface area contributed by atoms with E-state index in [1.807, 2.05) is 31.2 Å². The quantitative estimate of drug-likeness (QED) is 0.463. The summed E-state index contributed by atoms with van der Waals surface area (Å²) < 4.78 is 4.68. The van der Waals surface area contributed by atoms with Crippen molar-refractivity contribution in [2.24, 2.45) is 0 Å². The molecule has 0 spiro atoms. The molecule has 3 aliphatic heterocycles. The van der Waals surface area contributed by atoms with Crippen LogP contribution < -0.4 is 10.6 Å². The topological polar surface area (TPSA) is 125 Å². The third-order valence-corrected chi connectivity index (χ3v) is 6.23. The zero-order chi connectivity index (χ0) is 22.8. The van der Waals surface area contributed by atoms with Gasteiger partial charge in [-0.1, -0.05) is 29.8 Å². The first-order valence-corrected chi connectivity index (χ1v) is 10.9. The van der Waals surface area contributed by atoms with E-state index in [1.165, 1.54) is 0 Å². The van der Waals surface area contributed by atoms with Gasteiger partial charge in [-0.05, 0) is 44.7 Å². The van der Waals surface area contributed by atoms with E-state index in [1.54, 1.807) is 17.0 Å². The van der Waals surface area contributed by atoms with E-state index >= 15 is 0 Å². The number of rotatable bonds is 4. The molecule has 2 saturated heterocycles. The summed E-state index contributed by atoms with van der Waals surface area (Å²) in [5.41, 5.74) is 1.49. The molecule has 0 saturated carbocycles. The monoisotopic (exact) mass is 441 g/mol. The van der Waals surface area contributed by atoms with Gasteiger partial charge in [0.05, 0.1) is 6.42 Å². The highest BCUT2D eigenvalue weighted by atomic mass is 16.6. The highest BCUT2D eigenvalue weighted by molar-refractivity contribution is 5.98. The van der Waals surface area contributed by atoms with Crippen LogP contribution in [0, 0.1) is 6.92 Å². The molecule has 0 radical (unpaired) electrons. The van der Waals surface area contributed by atoms with Crippen LogP contribution in [0.3, 0.4) is 0 Å². The Kier molecular flexibility index (Phi) is 6.27. The van der Waals surface area contributed by atoms with E-state index in [0.29, 0.717) is 31.2 Å². The molecule has 4 rings (SSSR count). The Morgan fingerprint density at radius 1 is 1.06 bits per heavy atom. The second-order valence-corrected chi connectivity index (χ2v) is 8.53. The lowest BCUT2D eigenvalue weighted by atomic mass is 10.0. The third kappa shape index (κ3) is 4.52.